The Hall–Kier alpha value is -2.38. The highest BCUT2D eigenvalue weighted by atomic mass is 35.5. The number of anilines is 2. The Bertz CT molecular complexity index is 1040. The zero-order valence-corrected chi connectivity index (χ0v) is 19.6. The van der Waals surface area contributed by atoms with Crippen LogP contribution in [0.4, 0.5) is 16.2 Å². The number of hydrogen-bond donors (Lipinski definition) is 2. The third-order valence-electron chi connectivity index (χ3n) is 5.69. The van der Waals surface area contributed by atoms with Crippen LogP contribution in [-0.4, -0.2) is 21.0 Å². The van der Waals surface area contributed by atoms with Crippen LogP contribution in [0.2, 0.25) is 5.02 Å². The molecular formula is C24H27ClFN5S. The van der Waals surface area contributed by atoms with Gasteiger partial charge in [-0.15, -0.1) is 0 Å². The van der Waals surface area contributed by atoms with Gasteiger partial charge in [-0.2, -0.15) is 0 Å². The molecule has 0 unspecified atom stereocenters. The van der Waals surface area contributed by atoms with Crippen molar-refractivity contribution in [3.63, 3.8) is 0 Å². The fourth-order valence-electron chi connectivity index (χ4n) is 3.84. The molecule has 0 aliphatic heterocycles. The maximum absolute atomic E-state index is 14.6. The van der Waals surface area contributed by atoms with Crippen molar-refractivity contribution >= 4 is 35.3 Å². The minimum atomic E-state index is -0.381. The van der Waals surface area contributed by atoms with Crippen molar-refractivity contribution in [1.82, 2.24) is 15.0 Å². The van der Waals surface area contributed by atoms with E-state index in [4.69, 9.17) is 11.6 Å². The third kappa shape index (κ3) is 6.11. The largest absolute Gasteiger partial charge is 0.351 e. The SMILES string of the molecule is Cc1nc(NSc2ccccc2Cl)c(F)cc1CCc1cnc(NC2CCCCC2)nc1. The summed E-state index contributed by atoms with van der Waals surface area (Å²) >= 11 is 7.40. The lowest BCUT2D eigenvalue weighted by atomic mass is 9.96. The molecule has 1 fully saturated rings. The number of nitrogens with one attached hydrogen (secondary N) is 2. The maximum atomic E-state index is 14.6. The summed E-state index contributed by atoms with van der Waals surface area (Å²) in [5.74, 6) is 0.516. The number of rotatable bonds is 8. The Morgan fingerprint density at radius 1 is 1.09 bits per heavy atom. The van der Waals surface area contributed by atoms with Gasteiger partial charge in [0.05, 0.1) is 5.02 Å². The Kier molecular flexibility index (Phi) is 7.81. The highest BCUT2D eigenvalue weighted by Crippen LogP contribution is 2.29. The average molecular weight is 472 g/mol. The standard InChI is InChI=1S/C24H27ClFN5S/c1-16-18(13-21(26)23(29-16)31-32-22-10-6-5-9-20(22)25)12-11-17-14-27-24(28-15-17)30-19-7-3-2-4-8-19/h5-6,9-10,13-15,19H,2-4,7-8,11-12H2,1H3,(H,29,31)(H,27,28,30). The highest BCUT2D eigenvalue weighted by molar-refractivity contribution is 8.00. The van der Waals surface area contributed by atoms with Crippen LogP contribution in [0, 0.1) is 12.7 Å². The summed E-state index contributed by atoms with van der Waals surface area (Å²) in [6.45, 7) is 1.90. The number of nitrogens with zero attached hydrogens (tertiary/aromatic N) is 3. The van der Waals surface area contributed by atoms with E-state index in [0.717, 1.165) is 28.1 Å². The van der Waals surface area contributed by atoms with E-state index < -0.39 is 0 Å². The van der Waals surface area contributed by atoms with E-state index in [1.54, 1.807) is 12.1 Å². The van der Waals surface area contributed by atoms with E-state index in [2.05, 4.69) is 25.0 Å². The smallest absolute Gasteiger partial charge is 0.222 e. The van der Waals surface area contributed by atoms with Gasteiger partial charge in [0.1, 0.15) is 0 Å². The van der Waals surface area contributed by atoms with E-state index >= 15 is 0 Å². The van der Waals surface area contributed by atoms with E-state index in [-0.39, 0.29) is 11.6 Å². The molecule has 1 saturated carbocycles. The van der Waals surface area contributed by atoms with E-state index in [1.807, 2.05) is 37.5 Å². The van der Waals surface area contributed by atoms with Crippen LogP contribution in [0.1, 0.15) is 48.9 Å². The molecule has 0 radical (unpaired) electrons. The van der Waals surface area contributed by atoms with Crippen LogP contribution in [0.25, 0.3) is 0 Å². The summed E-state index contributed by atoms with van der Waals surface area (Å²) in [6, 6.07) is 9.45. The lowest BCUT2D eigenvalue weighted by Crippen LogP contribution is -2.23. The summed E-state index contributed by atoms with van der Waals surface area (Å²) in [6.07, 6.45) is 11.3. The lowest BCUT2D eigenvalue weighted by molar-refractivity contribution is 0.461. The number of pyridine rings is 1. The van der Waals surface area contributed by atoms with Crippen molar-refractivity contribution in [2.45, 2.75) is 62.8 Å². The molecular weight excluding hydrogens is 445 g/mol. The summed E-state index contributed by atoms with van der Waals surface area (Å²) < 4.78 is 17.6. The van der Waals surface area contributed by atoms with Crippen LogP contribution < -0.4 is 10.0 Å². The first-order valence-corrected chi connectivity index (χ1v) is 12.2. The van der Waals surface area contributed by atoms with Gasteiger partial charge in [0.15, 0.2) is 11.6 Å². The molecule has 8 heteroatoms. The molecule has 5 nitrogen and oxygen atoms in total. The average Bonchev–Trinajstić information content (AvgIpc) is 2.81. The lowest BCUT2D eigenvalue weighted by Gasteiger charge is -2.22. The summed E-state index contributed by atoms with van der Waals surface area (Å²) in [4.78, 5) is 14.2. The second-order valence-electron chi connectivity index (χ2n) is 8.09. The van der Waals surface area contributed by atoms with E-state index in [1.165, 1.54) is 44.1 Å². The minimum absolute atomic E-state index is 0.206. The number of halogens is 2. The topological polar surface area (TPSA) is 62.7 Å². The van der Waals surface area contributed by atoms with Crippen molar-refractivity contribution in [3.8, 4) is 0 Å². The number of aromatic nitrogens is 3. The summed E-state index contributed by atoms with van der Waals surface area (Å²) in [5, 5.41) is 4.04. The van der Waals surface area contributed by atoms with Gasteiger partial charge in [0.25, 0.3) is 0 Å². The first kappa shape index (κ1) is 22.8. The predicted molar refractivity (Wildman–Crippen MR) is 130 cm³/mol. The second-order valence-corrected chi connectivity index (χ2v) is 9.35. The number of benzene rings is 1. The second kappa shape index (κ2) is 11.0. The van der Waals surface area contributed by atoms with Crippen LogP contribution in [0.5, 0.6) is 0 Å². The van der Waals surface area contributed by atoms with Gasteiger partial charge in [-0.05, 0) is 73.9 Å². The van der Waals surface area contributed by atoms with Gasteiger partial charge in [-0.25, -0.2) is 19.3 Å². The van der Waals surface area contributed by atoms with Gasteiger partial charge in [0, 0.05) is 29.0 Å². The van der Waals surface area contributed by atoms with Crippen LogP contribution >= 0.6 is 23.5 Å². The van der Waals surface area contributed by atoms with Crippen LogP contribution in [-0.2, 0) is 12.8 Å². The highest BCUT2D eigenvalue weighted by Gasteiger charge is 2.14. The molecule has 1 aliphatic carbocycles. The van der Waals surface area contributed by atoms with Gasteiger partial charge >= 0.3 is 0 Å². The molecule has 0 bridgehead atoms. The van der Waals surface area contributed by atoms with Crippen LogP contribution in [0.15, 0.2) is 47.6 Å². The zero-order chi connectivity index (χ0) is 22.3. The van der Waals surface area contributed by atoms with Gasteiger partial charge in [-0.3, -0.25) is 0 Å². The molecule has 32 heavy (non-hydrogen) atoms. The van der Waals surface area contributed by atoms with Crippen molar-refractivity contribution in [2.75, 3.05) is 10.0 Å². The third-order valence-corrected chi connectivity index (χ3v) is 7.01. The van der Waals surface area contributed by atoms with Gasteiger partial charge in [-0.1, -0.05) is 43.0 Å². The molecule has 4 rings (SSSR count). The maximum Gasteiger partial charge on any atom is 0.222 e. The molecule has 0 saturated heterocycles. The van der Waals surface area contributed by atoms with Crippen molar-refractivity contribution in [2.24, 2.45) is 0 Å². The zero-order valence-electron chi connectivity index (χ0n) is 18.1. The monoisotopic (exact) mass is 471 g/mol. The Morgan fingerprint density at radius 2 is 1.84 bits per heavy atom. The van der Waals surface area contributed by atoms with Gasteiger partial charge in [0.2, 0.25) is 5.95 Å². The number of hydrogen-bond acceptors (Lipinski definition) is 6. The molecule has 1 aromatic carbocycles. The molecule has 0 amide bonds. The molecule has 168 valence electrons. The van der Waals surface area contributed by atoms with E-state index in [9.17, 15) is 4.39 Å². The molecule has 0 atom stereocenters. The molecule has 0 spiro atoms. The first-order chi connectivity index (χ1) is 15.6. The minimum Gasteiger partial charge on any atom is -0.351 e. The number of aryl methyl sites for hydroxylation is 3. The fraction of sp³-hybridized carbons (Fsp3) is 0.375. The Balaban J connectivity index is 1.33. The van der Waals surface area contributed by atoms with Crippen LogP contribution in [0.3, 0.4) is 0 Å². The first-order valence-electron chi connectivity index (χ1n) is 11.0. The summed E-state index contributed by atoms with van der Waals surface area (Å²) in [7, 11) is 0. The predicted octanol–water partition coefficient (Wildman–Crippen LogP) is 6.62. The molecule has 2 aromatic heterocycles. The van der Waals surface area contributed by atoms with Crippen molar-refractivity contribution in [1.29, 1.82) is 0 Å². The fourth-order valence-corrected chi connectivity index (χ4v) is 4.75. The molecule has 1 aliphatic rings. The van der Waals surface area contributed by atoms with Crippen molar-refractivity contribution < 1.29 is 4.39 Å². The Morgan fingerprint density at radius 3 is 2.59 bits per heavy atom. The van der Waals surface area contributed by atoms with Crippen molar-refractivity contribution in [3.05, 3.63) is 70.4 Å². The molecule has 3 aromatic rings. The van der Waals surface area contributed by atoms with Gasteiger partial charge < -0.3 is 10.0 Å². The van der Waals surface area contributed by atoms with E-state index in [0.29, 0.717) is 23.4 Å². The quantitative estimate of drug-likeness (QED) is 0.360. The summed E-state index contributed by atoms with van der Waals surface area (Å²) in [5.41, 5.74) is 2.70. The Labute approximate surface area is 197 Å². The molecule has 2 N–H and O–H groups in total. The molecule has 2 heterocycles. The normalized spacial score (nSPS) is 14.3.